The first-order chi connectivity index (χ1) is 10.0. The van der Waals surface area contributed by atoms with Crippen molar-refractivity contribution < 1.29 is 14.0 Å². The number of nitrogens with zero attached hydrogens (tertiary/aromatic N) is 1. The van der Waals surface area contributed by atoms with Crippen molar-refractivity contribution in [1.29, 1.82) is 0 Å². The normalized spacial score (nSPS) is 19.9. The number of carbonyl (C=O) groups excluding carboxylic acids is 2. The highest BCUT2D eigenvalue weighted by Gasteiger charge is 2.24. The summed E-state index contributed by atoms with van der Waals surface area (Å²) in [6, 6.07) is 3.72. The van der Waals surface area contributed by atoms with Crippen LogP contribution in [0.2, 0.25) is 0 Å². The minimum Gasteiger partial charge on any atom is -0.469 e. The van der Waals surface area contributed by atoms with Gasteiger partial charge in [-0.2, -0.15) is 0 Å². The Kier molecular flexibility index (Phi) is 5.25. The first kappa shape index (κ1) is 15.4. The van der Waals surface area contributed by atoms with Crippen LogP contribution in [0, 0.1) is 0 Å². The van der Waals surface area contributed by atoms with Gasteiger partial charge in [-0.25, -0.2) is 4.79 Å². The fourth-order valence-electron chi connectivity index (χ4n) is 2.65. The minimum atomic E-state index is -0.0795. The molecule has 1 fully saturated rings. The molecule has 116 valence electrons. The molecule has 0 bridgehead atoms. The van der Waals surface area contributed by atoms with Crippen molar-refractivity contribution in [2.24, 2.45) is 0 Å². The Morgan fingerprint density at radius 2 is 2.33 bits per heavy atom. The molecule has 0 aliphatic carbocycles. The van der Waals surface area contributed by atoms with Gasteiger partial charge in [0, 0.05) is 38.5 Å². The zero-order valence-corrected chi connectivity index (χ0v) is 12.6. The Hall–Kier alpha value is -1.98. The van der Waals surface area contributed by atoms with Gasteiger partial charge in [0.05, 0.1) is 6.26 Å². The zero-order valence-electron chi connectivity index (χ0n) is 12.6. The highest BCUT2D eigenvalue weighted by Crippen LogP contribution is 2.11. The number of rotatable bonds is 4. The largest absolute Gasteiger partial charge is 0.469 e. The molecule has 0 spiro atoms. The van der Waals surface area contributed by atoms with Gasteiger partial charge in [0.1, 0.15) is 5.76 Å². The molecule has 0 radical (unpaired) electrons. The van der Waals surface area contributed by atoms with Crippen molar-refractivity contribution in [2.45, 2.75) is 45.2 Å². The van der Waals surface area contributed by atoms with E-state index in [2.05, 4.69) is 10.6 Å². The van der Waals surface area contributed by atoms with Crippen LogP contribution in [0.25, 0.3) is 0 Å². The predicted octanol–water partition coefficient (Wildman–Crippen LogP) is 1.52. The molecule has 1 aliphatic heterocycles. The van der Waals surface area contributed by atoms with Crippen molar-refractivity contribution in [3.05, 3.63) is 24.2 Å². The van der Waals surface area contributed by atoms with E-state index in [9.17, 15) is 9.59 Å². The van der Waals surface area contributed by atoms with Crippen LogP contribution >= 0.6 is 0 Å². The lowest BCUT2D eigenvalue weighted by Crippen LogP contribution is -2.53. The average Bonchev–Trinajstić information content (AvgIpc) is 2.90. The third-order valence-corrected chi connectivity index (χ3v) is 3.57. The Morgan fingerprint density at radius 1 is 1.52 bits per heavy atom. The summed E-state index contributed by atoms with van der Waals surface area (Å²) in [7, 11) is 0. The number of furan rings is 1. The lowest BCUT2D eigenvalue weighted by molar-refractivity contribution is -0.119. The van der Waals surface area contributed by atoms with Gasteiger partial charge in [0.25, 0.3) is 0 Å². The fraction of sp³-hybridized carbons (Fsp3) is 0.600. The molecule has 2 atom stereocenters. The summed E-state index contributed by atoms with van der Waals surface area (Å²) in [4.78, 5) is 25.1. The number of likely N-dealkylation sites (tertiary alicyclic amines) is 1. The molecule has 0 unspecified atom stereocenters. The molecule has 6 heteroatoms. The van der Waals surface area contributed by atoms with Crippen LogP contribution in [0.3, 0.4) is 0 Å². The van der Waals surface area contributed by atoms with Crippen LogP contribution < -0.4 is 10.6 Å². The van der Waals surface area contributed by atoms with Gasteiger partial charge in [0.15, 0.2) is 0 Å². The Bertz CT molecular complexity index is 473. The summed E-state index contributed by atoms with van der Waals surface area (Å²) in [5.41, 5.74) is 0. The number of nitrogens with one attached hydrogen (secondary N) is 2. The summed E-state index contributed by atoms with van der Waals surface area (Å²) in [5.74, 6) is 0.811. The van der Waals surface area contributed by atoms with E-state index in [1.54, 1.807) is 11.2 Å². The predicted molar refractivity (Wildman–Crippen MR) is 78.8 cm³/mol. The molecule has 1 aromatic rings. The first-order valence-electron chi connectivity index (χ1n) is 7.39. The van der Waals surface area contributed by atoms with Crippen molar-refractivity contribution in [1.82, 2.24) is 15.5 Å². The van der Waals surface area contributed by atoms with Gasteiger partial charge in [0.2, 0.25) is 5.91 Å². The molecule has 6 nitrogen and oxygen atoms in total. The third kappa shape index (κ3) is 4.81. The maximum atomic E-state index is 12.2. The second kappa shape index (κ2) is 7.15. The van der Waals surface area contributed by atoms with Crippen LogP contribution in [0.4, 0.5) is 4.79 Å². The second-order valence-corrected chi connectivity index (χ2v) is 5.62. The number of urea groups is 1. The molecule has 2 heterocycles. The van der Waals surface area contributed by atoms with Crippen LogP contribution in [0.1, 0.15) is 32.4 Å². The number of piperidine rings is 1. The number of amides is 3. The summed E-state index contributed by atoms with van der Waals surface area (Å²) in [5, 5.41) is 5.86. The molecule has 1 saturated heterocycles. The number of hydrogen-bond acceptors (Lipinski definition) is 3. The van der Waals surface area contributed by atoms with Gasteiger partial charge >= 0.3 is 6.03 Å². The molecule has 0 saturated carbocycles. The van der Waals surface area contributed by atoms with Gasteiger partial charge in [-0.05, 0) is 31.9 Å². The Morgan fingerprint density at radius 3 is 3.00 bits per heavy atom. The highest BCUT2D eigenvalue weighted by molar-refractivity contribution is 5.75. The Labute approximate surface area is 124 Å². The maximum Gasteiger partial charge on any atom is 0.317 e. The van der Waals surface area contributed by atoms with E-state index in [0.29, 0.717) is 13.0 Å². The lowest BCUT2D eigenvalue weighted by Gasteiger charge is -2.33. The van der Waals surface area contributed by atoms with E-state index in [0.717, 1.165) is 25.1 Å². The van der Waals surface area contributed by atoms with Crippen molar-refractivity contribution in [3.8, 4) is 0 Å². The fourth-order valence-corrected chi connectivity index (χ4v) is 2.65. The summed E-state index contributed by atoms with van der Waals surface area (Å²) >= 11 is 0. The van der Waals surface area contributed by atoms with Gasteiger partial charge in [-0.3, -0.25) is 4.79 Å². The molecule has 1 aromatic heterocycles. The molecular formula is C15H23N3O3. The van der Waals surface area contributed by atoms with Crippen LogP contribution in [0.15, 0.2) is 22.8 Å². The van der Waals surface area contributed by atoms with E-state index in [1.807, 2.05) is 19.1 Å². The maximum absolute atomic E-state index is 12.2. The third-order valence-electron chi connectivity index (χ3n) is 3.57. The standard InChI is InChI=1S/C15H23N3O3/c1-11(9-14-6-4-8-21-14)16-15(20)18-7-3-5-13(10-18)17-12(2)19/h4,6,8,11,13H,3,5,7,9-10H2,1-2H3,(H,16,20)(H,17,19)/t11-,13-/m1/s1. The second-order valence-electron chi connectivity index (χ2n) is 5.62. The number of hydrogen-bond donors (Lipinski definition) is 2. The molecule has 2 rings (SSSR count). The monoisotopic (exact) mass is 293 g/mol. The van der Waals surface area contributed by atoms with Crippen LogP contribution in [-0.2, 0) is 11.2 Å². The molecule has 0 aromatic carbocycles. The quantitative estimate of drug-likeness (QED) is 0.884. The SMILES string of the molecule is CC(=O)N[C@@H]1CCCN(C(=O)N[C@H](C)Cc2ccco2)C1. The van der Waals surface area contributed by atoms with E-state index in [1.165, 1.54) is 6.92 Å². The minimum absolute atomic E-state index is 0.00444. The van der Waals surface area contributed by atoms with Crippen LogP contribution in [-0.4, -0.2) is 42.0 Å². The molecule has 2 N–H and O–H groups in total. The zero-order chi connectivity index (χ0) is 15.2. The van der Waals surface area contributed by atoms with Crippen molar-refractivity contribution in [2.75, 3.05) is 13.1 Å². The summed E-state index contributed by atoms with van der Waals surface area (Å²) in [6.45, 7) is 4.76. The molecule has 3 amide bonds. The van der Waals surface area contributed by atoms with Crippen molar-refractivity contribution >= 4 is 11.9 Å². The van der Waals surface area contributed by atoms with Gasteiger partial charge in [-0.1, -0.05) is 0 Å². The van der Waals surface area contributed by atoms with E-state index < -0.39 is 0 Å². The summed E-state index contributed by atoms with van der Waals surface area (Å²) < 4.78 is 5.28. The molecular weight excluding hydrogens is 270 g/mol. The van der Waals surface area contributed by atoms with Crippen LogP contribution in [0.5, 0.6) is 0 Å². The smallest absolute Gasteiger partial charge is 0.317 e. The lowest BCUT2D eigenvalue weighted by atomic mass is 10.1. The van der Waals surface area contributed by atoms with E-state index in [-0.39, 0.29) is 24.0 Å². The van der Waals surface area contributed by atoms with E-state index in [4.69, 9.17) is 4.42 Å². The number of carbonyl (C=O) groups is 2. The first-order valence-corrected chi connectivity index (χ1v) is 7.39. The van der Waals surface area contributed by atoms with E-state index >= 15 is 0 Å². The molecule has 1 aliphatic rings. The highest BCUT2D eigenvalue weighted by atomic mass is 16.3. The molecule has 21 heavy (non-hydrogen) atoms. The topological polar surface area (TPSA) is 74.6 Å². The van der Waals surface area contributed by atoms with Gasteiger partial charge < -0.3 is 20.0 Å². The Balaban J connectivity index is 1.80. The van der Waals surface area contributed by atoms with Crippen molar-refractivity contribution in [3.63, 3.8) is 0 Å². The average molecular weight is 293 g/mol. The summed E-state index contributed by atoms with van der Waals surface area (Å²) in [6.07, 6.45) is 4.13. The van der Waals surface area contributed by atoms with Gasteiger partial charge in [-0.15, -0.1) is 0 Å².